The minimum absolute atomic E-state index is 0.600. The monoisotopic (exact) mass is 470 g/mol. The molecule has 0 aromatic carbocycles. The van der Waals surface area contributed by atoms with Gasteiger partial charge in [0.2, 0.25) is 0 Å². The molecule has 140 valence electrons. The number of fused-ring (bicyclic) bond motifs is 1. The molecule has 0 aliphatic carbocycles. The molecule has 0 amide bonds. The van der Waals surface area contributed by atoms with Gasteiger partial charge >= 0.3 is 0 Å². The van der Waals surface area contributed by atoms with E-state index in [1.807, 2.05) is 12.1 Å². The second-order valence-corrected chi connectivity index (χ2v) is 10.7. The Labute approximate surface area is 175 Å². The van der Waals surface area contributed by atoms with Gasteiger partial charge in [-0.1, -0.05) is 39.0 Å². The predicted octanol–water partition coefficient (Wildman–Crippen LogP) is 7.58. The van der Waals surface area contributed by atoms with E-state index >= 15 is 0 Å². The molecule has 0 saturated carbocycles. The third-order valence-corrected chi connectivity index (χ3v) is 8.86. The van der Waals surface area contributed by atoms with E-state index in [0.29, 0.717) is 0 Å². The Bertz CT molecular complexity index is 830. The van der Waals surface area contributed by atoms with Gasteiger partial charge in [0.15, 0.2) is 6.29 Å². The molecule has 3 aromatic rings. The largest absolute Gasteiger partial charge is 0.382 e. The van der Waals surface area contributed by atoms with Gasteiger partial charge in [0, 0.05) is 23.6 Å². The SMILES string of the molecule is CCCCCCCCc1cc(Br)c(C(O)c2cc3sc(C=O)cc3s2)s1. The molecule has 3 aromatic heterocycles. The van der Waals surface area contributed by atoms with Crippen molar-refractivity contribution in [1.29, 1.82) is 0 Å². The summed E-state index contributed by atoms with van der Waals surface area (Å²) in [5, 5.41) is 10.8. The summed E-state index contributed by atoms with van der Waals surface area (Å²) in [5.41, 5.74) is 0. The lowest BCUT2D eigenvalue weighted by Crippen LogP contribution is -1.94. The Morgan fingerprint density at radius 1 is 1.04 bits per heavy atom. The summed E-state index contributed by atoms with van der Waals surface area (Å²) in [6, 6.07) is 6.08. The second kappa shape index (κ2) is 9.60. The molecule has 0 spiro atoms. The molecule has 0 saturated heterocycles. The third kappa shape index (κ3) is 4.84. The van der Waals surface area contributed by atoms with Crippen LogP contribution in [0.5, 0.6) is 0 Å². The molecule has 3 heterocycles. The molecule has 0 aliphatic heterocycles. The van der Waals surface area contributed by atoms with Crippen LogP contribution in [0.15, 0.2) is 22.7 Å². The number of thiophene rings is 3. The number of aryl methyl sites for hydroxylation is 1. The second-order valence-electron chi connectivity index (χ2n) is 6.49. The van der Waals surface area contributed by atoms with E-state index in [-0.39, 0.29) is 0 Å². The highest BCUT2D eigenvalue weighted by molar-refractivity contribution is 9.10. The average Bonchev–Trinajstić information content (AvgIpc) is 3.30. The lowest BCUT2D eigenvalue weighted by atomic mass is 10.1. The van der Waals surface area contributed by atoms with Crippen LogP contribution in [0.25, 0.3) is 9.40 Å². The van der Waals surface area contributed by atoms with E-state index in [4.69, 9.17) is 0 Å². The molecule has 0 fully saturated rings. The zero-order chi connectivity index (χ0) is 18.5. The first-order chi connectivity index (χ1) is 12.6. The van der Waals surface area contributed by atoms with Crippen LogP contribution in [0, 0.1) is 0 Å². The number of unbranched alkanes of at least 4 members (excludes halogenated alkanes) is 5. The Kier molecular flexibility index (Phi) is 7.46. The third-order valence-electron chi connectivity index (χ3n) is 4.42. The first-order valence-corrected chi connectivity index (χ1v) is 12.3. The number of hydrogen-bond acceptors (Lipinski definition) is 5. The number of rotatable bonds is 10. The van der Waals surface area contributed by atoms with Crippen molar-refractivity contribution in [3.8, 4) is 0 Å². The van der Waals surface area contributed by atoms with Crippen LogP contribution in [0.2, 0.25) is 0 Å². The summed E-state index contributed by atoms with van der Waals surface area (Å²) in [4.78, 5) is 14.9. The molecule has 26 heavy (non-hydrogen) atoms. The summed E-state index contributed by atoms with van der Waals surface area (Å²) < 4.78 is 3.15. The summed E-state index contributed by atoms with van der Waals surface area (Å²) in [6.07, 6.45) is 9.17. The summed E-state index contributed by atoms with van der Waals surface area (Å²) in [6.45, 7) is 2.24. The van der Waals surface area contributed by atoms with Crippen molar-refractivity contribution < 1.29 is 9.90 Å². The molecule has 1 N–H and O–H groups in total. The van der Waals surface area contributed by atoms with Crippen LogP contribution < -0.4 is 0 Å². The molecule has 3 rings (SSSR count). The van der Waals surface area contributed by atoms with Crippen molar-refractivity contribution in [2.75, 3.05) is 0 Å². The standard InChI is InChI=1S/C20H23BrO2S3/c1-2-3-4-5-6-7-8-13-9-15(21)20(25-13)19(23)18-11-17-16(26-18)10-14(12-22)24-17/h9-12,19,23H,2-8H2,1H3. The molecule has 0 bridgehead atoms. The van der Waals surface area contributed by atoms with Crippen molar-refractivity contribution >= 4 is 65.6 Å². The van der Waals surface area contributed by atoms with Crippen LogP contribution >= 0.6 is 49.9 Å². The zero-order valence-corrected chi connectivity index (χ0v) is 18.8. The van der Waals surface area contributed by atoms with Crippen molar-refractivity contribution in [1.82, 2.24) is 0 Å². The van der Waals surface area contributed by atoms with Crippen molar-refractivity contribution in [3.05, 3.63) is 42.2 Å². The maximum atomic E-state index is 10.9. The van der Waals surface area contributed by atoms with Gasteiger partial charge in [0.1, 0.15) is 6.10 Å². The van der Waals surface area contributed by atoms with E-state index in [2.05, 4.69) is 28.9 Å². The quantitative estimate of drug-likeness (QED) is 0.244. The van der Waals surface area contributed by atoms with Crippen LogP contribution in [0.4, 0.5) is 0 Å². The van der Waals surface area contributed by atoms with Crippen LogP contribution in [-0.2, 0) is 6.42 Å². The summed E-state index contributed by atoms with van der Waals surface area (Å²) in [7, 11) is 0. The van der Waals surface area contributed by atoms with E-state index in [9.17, 15) is 9.90 Å². The lowest BCUT2D eigenvalue weighted by molar-refractivity contribution is 0.112. The van der Waals surface area contributed by atoms with Gasteiger partial charge in [-0.2, -0.15) is 0 Å². The van der Waals surface area contributed by atoms with Gasteiger partial charge in [-0.05, 0) is 47.0 Å². The molecule has 0 aliphatic rings. The van der Waals surface area contributed by atoms with Crippen LogP contribution in [-0.4, -0.2) is 11.4 Å². The van der Waals surface area contributed by atoms with E-state index in [1.54, 1.807) is 22.7 Å². The fraction of sp³-hybridized carbons (Fsp3) is 0.450. The highest BCUT2D eigenvalue weighted by atomic mass is 79.9. The minimum Gasteiger partial charge on any atom is -0.382 e. The zero-order valence-electron chi connectivity index (χ0n) is 14.8. The molecule has 6 heteroatoms. The molecule has 2 nitrogen and oxygen atoms in total. The molecule has 1 atom stereocenters. The van der Waals surface area contributed by atoms with Gasteiger partial charge in [-0.3, -0.25) is 4.79 Å². The number of hydrogen-bond donors (Lipinski definition) is 1. The summed E-state index contributed by atoms with van der Waals surface area (Å²) >= 11 is 8.39. The molecule has 0 radical (unpaired) electrons. The van der Waals surface area contributed by atoms with Gasteiger partial charge in [-0.25, -0.2) is 0 Å². The number of aldehydes is 1. The van der Waals surface area contributed by atoms with Crippen molar-refractivity contribution in [2.24, 2.45) is 0 Å². The Morgan fingerprint density at radius 2 is 1.77 bits per heavy atom. The number of aliphatic hydroxyl groups excluding tert-OH is 1. The lowest BCUT2D eigenvalue weighted by Gasteiger charge is -2.06. The van der Waals surface area contributed by atoms with Crippen LogP contribution in [0.3, 0.4) is 0 Å². The summed E-state index contributed by atoms with van der Waals surface area (Å²) in [5.74, 6) is 0. The maximum Gasteiger partial charge on any atom is 0.160 e. The fourth-order valence-corrected chi connectivity index (χ4v) is 7.31. The number of carbonyl (C=O) groups is 1. The topological polar surface area (TPSA) is 37.3 Å². The van der Waals surface area contributed by atoms with E-state index in [0.717, 1.165) is 41.2 Å². The fourth-order valence-electron chi connectivity index (χ4n) is 3.02. The van der Waals surface area contributed by atoms with Gasteiger partial charge in [-0.15, -0.1) is 34.0 Å². The van der Waals surface area contributed by atoms with Gasteiger partial charge in [0.05, 0.1) is 9.75 Å². The highest BCUT2D eigenvalue weighted by Gasteiger charge is 2.20. The number of carbonyl (C=O) groups excluding carboxylic acids is 1. The normalized spacial score (nSPS) is 12.7. The predicted molar refractivity (Wildman–Crippen MR) is 118 cm³/mol. The average molecular weight is 472 g/mol. The maximum absolute atomic E-state index is 10.9. The smallest absolute Gasteiger partial charge is 0.160 e. The Hall–Kier alpha value is -0.530. The first-order valence-electron chi connectivity index (χ1n) is 9.07. The number of aliphatic hydroxyl groups is 1. The minimum atomic E-state index is -0.600. The van der Waals surface area contributed by atoms with Crippen molar-refractivity contribution in [2.45, 2.75) is 58.0 Å². The van der Waals surface area contributed by atoms with Gasteiger partial charge in [0.25, 0.3) is 0 Å². The van der Waals surface area contributed by atoms with Crippen molar-refractivity contribution in [3.63, 3.8) is 0 Å². The molecular weight excluding hydrogens is 448 g/mol. The number of halogens is 1. The Morgan fingerprint density at radius 3 is 2.50 bits per heavy atom. The first kappa shape index (κ1) is 20.2. The van der Waals surface area contributed by atoms with E-state index < -0.39 is 6.10 Å². The molecular formula is C20H23BrO2S3. The van der Waals surface area contributed by atoms with Crippen LogP contribution in [0.1, 0.15) is 75.9 Å². The van der Waals surface area contributed by atoms with E-state index in [1.165, 1.54) is 54.7 Å². The highest BCUT2D eigenvalue weighted by Crippen LogP contribution is 2.41. The molecule has 1 unspecified atom stereocenters. The van der Waals surface area contributed by atoms with Gasteiger partial charge < -0.3 is 5.11 Å². The Balaban J connectivity index is 1.63.